The van der Waals surface area contributed by atoms with E-state index in [9.17, 15) is 5.11 Å². The van der Waals surface area contributed by atoms with E-state index in [1.807, 2.05) is 13.0 Å². The Labute approximate surface area is 139 Å². The van der Waals surface area contributed by atoms with Gasteiger partial charge in [-0.05, 0) is 56.0 Å². The number of likely N-dealkylation sites (tertiary alicyclic amines) is 1. The largest absolute Gasteiger partial charge is 0.385 e. The van der Waals surface area contributed by atoms with E-state index in [2.05, 4.69) is 53.4 Å². The normalized spacial score (nSPS) is 18.5. The molecule has 2 nitrogen and oxygen atoms in total. The lowest BCUT2D eigenvalue weighted by atomic mass is 9.90. The maximum Gasteiger partial charge on any atom is 0.0880 e. The first-order chi connectivity index (χ1) is 11.1. The van der Waals surface area contributed by atoms with Crippen LogP contribution in [0.25, 0.3) is 11.1 Å². The van der Waals surface area contributed by atoms with Crippen molar-refractivity contribution in [1.29, 1.82) is 0 Å². The zero-order valence-electron chi connectivity index (χ0n) is 14.0. The molecule has 122 valence electrons. The number of hydrogen-bond donors (Lipinski definition) is 1. The molecule has 1 N–H and O–H groups in total. The molecule has 0 spiro atoms. The summed E-state index contributed by atoms with van der Waals surface area (Å²) < 4.78 is 0. The maximum absolute atomic E-state index is 10.9. The Bertz CT molecular complexity index is 597. The molecule has 0 unspecified atom stereocenters. The van der Waals surface area contributed by atoms with Crippen LogP contribution in [0.4, 0.5) is 0 Å². The molecule has 0 saturated carbocycles. The minimum Gasteiger partial charge on any atom is -0.385 e. The highest BCUT2D eigenvalue weighted by molar-refractivity contribution is 5.63. The number of aliphatic hydroxyl groups is 1. The van der Waals surface area contributed by atoms with Crippen LogP contribution in [-0.2, 0) is 5.60 Å². The summed E-state index contributed by atoms with van der Waals surface area (Å²) in [5.74, 6) is 0. The maximum atomic E-state index is 10.9. The predicted molar refractivity (Wildman–Crippen MR) is 96.4 cm³/mol. The molecule has 1 fully saturated rings. The van der Waals surface area contributed by atoms with Gasteiger partial charge in [-0.15, -0.1) is 0 Å². The molecular formula is C21H27NO. The van der Waals surface area contributed by atoms with Crippen molar-refractivity contribution in [2.24, 2.45) is 0 Å². The Balaban J connectivity index is 1.65. The van der Waals surface area contributed by atoms with Crippen LogP contribution in [0.15, 0.2) is 54.6 Å². The van der Waals surface area contributed by atoms with Gasteiger partial charge in [-0.25, -0.2) is 0 Å². The molecule has 0 radical (unpaired) electrons. The lowest BCUT2D eigenvalue weighted by Gasteiger charge is -2.31. The van der Waals surface area contributed by atoms with Gasteiger partial charge in [-0.1, -0.05) is 61.0 Å². The van der Waals surface area contributed by atoms with Crippen molar-refractivity contribution in [1.82, 2.24) is 4.90 Å². The van der Waals surface area contributed by atoms with E-state index in [-0.39, 0.29) is 0 Å². The molecule has 0 amide bonds. The molecule has 3 rings (SSSR count). The van der Waals surface area contributed by atoms with Crippen LogP contribution in [0.1, 0.15) is 38.2 Å². The highest BCUT2D eigenvalue weighted by atomic mass is 16.3. The molecule has 0 aromatic heterocycles. The number of hydrogen-bond acceptors (Lipinski definition) is 2. The predicted octanol–water partition coefficient (Wildman–Crippen LogP) is 4.44. The second-order valence-corrected chi connectivity index (χ2v) is 6.87. The third kappa shape index (κ3) is 4.21. The molecule has 1 saturated heterocycles. The smallest absolute Gasteiger partial charge is 0.0880 e. The van der Waals surface area contributed by atoms with Gasteiger partial charge in [-0.3, -0.25) is 0 Å². The van der Waals surface area contributed by atoms with E-state index < -0.39 is 5.60 Å². The molecule has 0 aliphatic carbocycles. The molecule has 2 aromatic rings. The molecule has 1 aliphatic rings. The average molecular weight is 309 g/mol. The standard InChI is InChI=1S/C21H27NO/c1-21(23,14-17-22-15-6-3-7-16-22)20-12-10-19(11-13-20)18-8-4-2-5-9-18/h2,4-5,8-13,23H,3,6-7,14-17H2,1H3/t21-/m0/s1. The summed E-state index contributed by atoms with van der Waals surface area (Å²) in [5.41, 5.74) is 2.66. The number of nitrogens with zero attached hydrogens (tertiary/aromatic N) is 1. The fraction of sp³-hybridized carbons (Fsp3) is 0.429. The van der Waals surface area contributed by atoms with Crippen LogP contribution in [0, 0.1) is 0 Å². The molecular weight excluding hydrogens is 282 g/mol. The fourth-order valence-corrected chi connectivity index (χ4v) is 3.36. The van der Waals surface area contributed by atoms with Crippen LogP contribution in [-0.4, -0.2) is 29.6 Å². The summed E-state index contributed by atoms with van der Waals surface area (Å²) in [7, 11) is 0. The highest BCUT2D eigenvalue weighted by Gasteiger charge is 2.24. The van der Waals surface area contributed by atoms with Crippen LogP contribution >= 0.6 is 0 Å². The first-order valence-electron chi connectivity index (χ1n) is 8.76. The van der Waals surface area contributed by atoms with Gasteiger partial charge in [0.05, 0.1) is 5.60 Å². The van der Waals surface area contributed by atoms with Gasteiger partial charge in [0.25, 0.3) is 0 Å². The first-order valence-corrected chi connectivity index (χ1v) is 8.76. The Hall–Kier alpha value is -1.64. The summed E-state index contributed by atoms with van der Waals surface area (Å²) in [6.07, 6.45) is 4.74. The summed E-state index contributed by atoms with van der Waals surface area (Å²) in [6.45, 7) is 5.29. The molecule has 0 bridgehead atoms. The highest BCUT2D eigenvalue weighted by Crippen LogP contribution is 2.28. The van der Waals surface area contributed by atoms with Gasteiger partial charge >= 0.3 is 0 Å². The lowest BCUT2D eigenvalue weighted by Crippen LogP contribution is -2.34. The van der Waals surface area contributed by atoms with Gasteiger partial charge < -0.3 is 10.0 Å². The second-order valence-electron chi connectivity index (χ2n) is 6.87. The van der Waals surface area contributed by atoms with Crippen molar-refractivity contribution in [3.05, 3.63) is 60.2 Å². The van der Waals surface area contributed by atoms with Crippen molar-refractivity contribution < 1.29 is 5.11 Å². The Morgan fingerprint density at radius 1 is 0.870 bits per heavy atom. The van der Waals surface area contributed by atoms with E-state index in [4.69, 9.17) is 0 Å². The van der Waals surface area contributed by atoms with Gasteiger partial charge in [0.1, 0.15) is 0 Å². The van der Waals surface area contributed by atoms with Gasteiger partial charge in [0.15, 0.2) is 0 Å². The van der Waals surface area contributed by atoms with Crippen LogP contribution in [0.2, 0.25) is 0 Å². The number of benzene rings is 2. The van der Waals surface area contributed by atoms with Crippen molar-refractivity contribution >= 4 is 0 Å². The summed E-state index contributed by atoms with van der Waals surface area (Å²) >= 11 is 0. The van der Waals surface area contributed by atoms with E-state index >= 15 is 0 Å². The van der Waals surface area contributed by atoms with E-state index in [0.717, 1.165) is 18.5 Å². The average Bonchev–Trinajstić information content (AvgIpc) is 2.62. The van der Waals surface area contributed by atoms with Gasteiger partial charge in [0.2, 0.25) is 0 Å². The monoisotopic (exact) mass is 309 g/mol. The van der Waals surface area contributed by atoms with Crippen LogP contribution < -0.4 is 0 Å². The Morgan fingerprint density at radius 2 is 1.48 bits per heavy atom. The van der Waals surface area contributed by atoms with Crippen molar-refractivity contribution in [3.8, 4) is 11.1 Å². The summed E-state index contributed by atoms with van der Waals surface area (Å²) in [4.78, 5) is 2.48. The first kappa shape index (κ1) is 16.2. The SMILES string of the molecule is C[C@](O)(CCN1CCCCC1)c1ccc(-c2ccccc2)cc1. The molecule has 1 aliphatic heterocycles. The van der Waals surface area contributed by atoms with Gasteiger partial charge in [0, 0.05) is 6.54 Å². The van der Waals surface area contributed by atoms with E-state index in [0.29, 0.717) is 0 Å². The number of rotatable bonds is 5. The quantitative estimate of drug-likeness (QED) is 0.883. The lowest BCUT2D eigenvalue weighted by molar-refractivity contribution is 0.0337. The molecule has 23 heavy (non-hydrogen) atoms. The third-order valence-electron chi connectivity index (χ3n) is 4.98. The third-order valence-corrected chi connectivity index (χ3v) is 4.98. The molecule has 2 heteroatoms. The van der Waals surface area contributed by atoms with Crippen molar-refractivity contribution in [2.75, 3.05) is 19.6 Å². The Kier molecular flexibility index (Phi) is 5.14. The molecule has 2 aromatic carbocycles. The zero-order valence-corrected chi connectivity index (χ0v) is 14.0. The second kappa shape index (κ2) is 7.29. The minimum atomic E-state index is -0.757. The van der Waals surface area contributed by atoms with Gasteiger partial charge in [-0.2, -0.15) is 0 Å². The van der Waals surface area contributed by atoms with Crippen molar-refractivity contribution in [3.63, 3.8) is 0 Å². The number of piperidine rings is 1. The zero-order chi connectivity index (χ0) is 16.1. The van der Waals surface area contributed by atoms with Crippen LogP contribution in [0.5, 0.6) is 0 Å². The van der Waals surface area contributed by atoms with Crippen LogP contribution in [0.3, 0.4) is 0 Å². The summed E-state index contributed by atoms with van der Waals surface area (Å²) in [5, 5.41) is 10.9. The fourth-order valence-electron chi connectivity index (χ4n) is 3.36. The molecule has 1 heterocycles. The Morgan fingerprint density at radius 3 is 2.13 bits per heavy atom. The topological polar surface area (TPSA) is 23.5 Å². The summed E-state index contributed by atoms with van der Waals surface area (Å²) in [6, 6.07) is 18.7. The van der Waals surface area contributed by atoms with E-state index in [1.165, 1.54) is 43.5 Å². The minimum absolute atomic E-state index is 0.757. The molecule has 1 atom stereocenters. The van der Waals surface area contributed by atoms with Crippen molar-refractivity contribution in [2.45, 2.75) is 38.2 Å². The van der Waals surface area contributed by atoms with E-state index in [1.54, 1.807) is 0 Å².